The molecular weight excluding hydrogens is 132 g/mol. The Hall–Kier alpha value is -0.120. The molecule has 3 heteroatoms. The van der Waals surface area contributed by atoms with Gasteiger partial charge in [0.2, 0.25) is 0 Å². The van der Waals surface area contributed by atoms with Crippen LogP contribution >= 0.6 is 0 Å². The van der Waals surface area contributed by atoms with Gasteiger partial charge in [-0.25, -0.2) is 0 Å². The summed E-state index contributed by atoms with van der Waals surface area (Å²) in [7, 11) is 0. The number of aliphatic hydroxyl groups is 2. The molecule has 0 aromatic rings. The van der Waals surface area contributed by atoms with Crippen LogP contribution in [-0.2, 0) is 4.74 Å². The summed E-state index contributed by atoms with van der Waals surface area (Å²) in [6.07, 6.45) is 1.26. The Morgan fingerprint density at radius 1 is 1.60 bits per heavy atom. The van der Waals surface area contributed by atoms with Crippen LogP contribution in [0.15, 0.2) is 0 Å². The highest BCUT2D eigenvalue weighted by Crippen LogP contribution is 2.21. The lowest BCUT2D eigenvalue weighted by atomic mass is 10.1. The molecule has 60 valence electrons. The maximum atomic E-state index is 9.10. The van der Waals surface area contributed by atoms with Crippen molar-refractivity contribution in [2.24, 2.45) is 0 Å². The van der Waals surface area contributed by atoms with E-state index in [2.05, 4.69) is 0 Å². The van der Waals surface area contributed by atoms with Gasteiger partial charge in [-0.3, -0.25) is 0 Å². The summed E-state index contributed by atoms with van der Waals surface area (Å²) in [6, 6.07) is 0. The first-order valence-corrected chi connectivity index (χ1v) is 3.68. The second-order valence-corrected chi connectivity index (χ2v) is 2.81. The average Bonchev–Trinajstić information content (AvgIpc) is 2.34. The fourth-order valence-electron chi connectivity index (χ4n) is 1.23. The van der Waals surface area contributed by atoms with E-state index in [1.54, 1.807) is 0 Å². The van der Waals surface area contributed by atoms with E-state index in [0.717, 1.165) is 12.8 Å². The molecule has 1 rings (SSSR count). The number of ether oxygens (including phenoxy) is 1. The molecule has 0 spiro atoms. The van der Waals surface area contributed by atoms with Gasteiger partial charge < -0.3 is 14.9 Å². The van der Waals surface area contributed by atoms with E-state index < -0.39 is 6.10 Å². The van der Waals surface area contributed by atoms with Gasteiger partial charge in [0.05, 0.1) is 18.8 Å². The predicted molar refractivity (Wildman–Crippen MR) is 36.7 cm³/mol. The van der Waals surface area contributed by atoms with Crippen molar-refractivity contribution in [1.82, 2.24) is 0 Å². The maximum Gasteiger partial charge on any atom is 0.103 e. The Balaban J connectivity index is 2.29. The van der Waals surface area contributed by atoms with Gasteiger partial charge in [0.25, 0.3) is 0 Å². The molecule has 0 radical (unpaired) electrons. The van der Waals surface area contributed by atoms with Crippen molar-refractivity contribution in [3.05, 3.63) is 0 Å². The van der Waals surface area contributed by atoms with Crippen LogP contribution < -0.4 is 0 Å². The summed E-state index contributed by atoms with van der Waals surface area (Å²) in [4.78, 5) is 0. The molecule has 3 nitrogen and oxygen atoms in total. The van der Waals surface area contributed by atoms with Crippen molar-refractivity contribution in [2.75, 3.05) is 6.61 Å². The molecule has 3 atom stereocenters. The normalized spacial score (nSPS) is 36.3. The lowest BCUT2D eigenvalue weighted by molar-refractivity contribution is -0.0490. The van der Waals surface area contributed by atoms with Gasteiger partial charge in [-0.15, -0.1) is 0 Å². The Morgan fingerprint density at radius 2 is 2.30 bits per heavy atom. The monoisotopic (exact) mass is 146 g/mol. The second-order valence-electron chi connectivity index (χ2n) is 2.81. The van der Waals surface area contributed by atoms with Crippen LogP contribution in [0.25, 0.3) is 0 Å². The third kappa shape index (κ3) is 1.68. The minimum Gasteiger partial charge on any atom is -0.394 e. The lowest BCUT2D eigenvalue weighted by Gasteiger charge is -2.15. The van der Waals surface area contributed by atoms with Crippen molar-refractivity contribution in [2.45, 2.75) is 38.1 Å². The van der Waals surface area contributed by atoms with Crippen molar-refractivity contribution in [1.29, 1.82) is 0 Å². The second kappa shape index (κ2) is 3.32. The van der Waals surface area contributed by atoms with Crippen LogP contribution in [-0.4, -0.2) is 35.1 Å². The quantitative estimate of drug-likeness (QED) is 0.572. The third-order valence-electron chi connectivity index (χ3n) is 1.88. The first-order chi connectivity index (χ1) is 4.74. The summed E-state index contributed by atoms with van der Waals surface area (Å²) < 4.78 is 5.30. The highest BCUT2D eigenvalue weighted by Gasteiger charge is 2.27. The van der Waals surface area contributed by atoms with Crippen molar-refractivity contribution >= 4 is 0 Å². The van der Waals surface area contributed by atoms with Gasteiger partial charge in [0, 0.05) is 0 Å². The minimum atomic E-state index is -0.690. The number of aliphatic hydroxyl groups excluding tert-OH is 2. The van der Waals surface area contributed by atoms with E-state index in [-0.39, 0.29) is 18.8 Å². The van der Waals surface area contributed by atoms with E-state index in [4.69, 9.17) is 14.9 Å². The first kappa shape index (κ1) is 7.98. The third-order valence-corrected chi connectivity index (χ3v) is 1.88. The van der Waals surface area contributed by atoms with Crippen LogP contribution in [0, 0.1) is 0 Å². The van der Waals surface area contributed by atoms with Crippen LogP contribution in [0.5, 0.6) is 0 Å². The van der Waals surface area contributed by atoms with E-state index >= 15 is 0 Å². The first-order valence-electron chi connectivity index (χ1n) is 3.68. The highest BCUT2D eigenvalue weighted by molar-refractivity contribution is 4.76. The molecule has 1 fully saturated rings. The van der Waals surface area contributed by atoms with E-state index in [1.165, 1.54) is 0 Å². The smallest absolute Gasteiger partial charge is 0.103 e. The fraction of sp³-hybridized carbons (Fsp3) is 1.00. The Bertz CT molecular complexity index is 105. The molecule has 0 aromatic heterocycles. The number of hydrogen-bond acceptors (Lipinski definition) is 3. The van der Waals surface area contributed by atoms with Gasteiger partial charge in [-0.1, -0.05) is 0 Å². The molecular formula is C7H14O3. The van der Waals surface area contributed by atoms with Crippen molar-refractivity contribution in [3.63, 3.8) is 0 Å². The Morgan fingerprint density at radius 3 is 2.70 bits per heavy atom. The van der Waals surface area contributed by atoms with Gasteiger partial charge in [-0.05, 0) is 19.8 Å². The van der Waals surface area contributed by atoms with Gasteiger partial charge in [0.15, 0.2) is 0 Å². The van der Waals surface area contributed by atoms with Gasteiger partial charge in [-0.2, -0.15) is 0 Å². The van der Waals surface area contributed by atoms with E-state index in [9.17, 15) is 0 Å². The van der Waals surface area contributed by atoms with Crippen LogP contribution in [0.3, 0.4) is 0 Å². The van der Waals surface area contributed by atoms with Crippen LogP contribution in [0.1, 0.15) is 19.8 Å². The molecule has 0 aliphatic carbocycles. The fourth-order valence-corrected chi connectivity index (χ4v) is 1.23. The molecule has 2 N–H and O–H groups in total. The summed E-state index contributed by atoms with van der Waals surface area (Å²) in [5, 5.41) is 17.7. The van der Waals surface area contributed by atoms with Crippen LogP contribution in [0.2, 0.25) is 0 Å². The largest absolute Gasteiger partial charge is 0.394 e. The summed E-state index contributed by atoms with van der Waals surface area (Å²) in [5.74, 6) is 0. The summed E-state index contributed by atoms with van der Waals surface area (Å²) >= 11 is 0. The summed E-state index contributed by atoms with van der Waals surface area (Å²) in [6.45, 7) is 1.78. The topological polar surface area (TPSA) is 49.7 Å². The SMILES string of the molecule is C[C@H]1CC[C@H]([C@H](O)CO)O1. The standard InChI is InChI=1S/C7H14O3/c1-5-2-3-7(10-5)6(9)4-8/h5-9H,2-4H2,1H3/t5-,6+,7+/m0/s1. The van der Waals surface area contributed by atoms with E-state index in [1.807, 2.05) is 6.92 Å². The zero-order valence-corrected chi connectivity index (χ0v) is 6.16. The van der Waals surface area contributed by atoms with Gasteiger partial charge >= 0.3 is 0 Å². The highest BCUT2D eigenvalue weighted by atomic mass is 16.5. The molecule has 1 heterocycles. The molecule has 1 aliphatic heterocycles. The molecule has 0 bridgehead atoms. The summed E-state index contributed by atoms with van der Waals surface area (Å²) in [5.41, 5.74) is 0. The lowest BCUT2D eigenvalue weighted by Crippen LogP contribution is -2.29. The Labute approximate surface area is 60.6 Å². The molecule has 1 saturated heterocycles. The molecule has 0 unspecified atom stereocenters. The van der Waals surface area contributed by atoms with Crippen molar-refractivity contribution in [3.8, 4) is 0 Å². The number of hydrogen-bond donors (Lipinski definition) is 2. The number of rotatable bonds is 2. The zero-order valence-electron chi connectivity index (χ0n) is 6.16. The van der Waals surface area contributed by atoms with Crippen molar-refractivity contribution < 1.29 is 14.9 Å². The predicted octanol–water partition coefficient (Wildman–Crippen LogP) is -0.0929. The molecule has 1 aliphatic rings. The molecule has 0 amide bonds. The van der Waals surface area contributed by atoms with E-state index in [0.29, 0.717) is 0 Å². The molecule has 10 heavy (non-hydrogen) atoms. The maximum absolute atomic E-state index is 9.10. The molecule has 0 aromatic carbocycles. The molecule has 0 saturated carbocycles. The minimum absolute atomic E-state index is 0.139. The average molecular weight is 146 g/mol. The Kier molecular flexibility index (Phi) is 2.65. The van der Waals surface area contributed by atoms with Crippen LogP contribution in [0.4, 0.5) is 0 Å². The van der Waals surface area contributed by atoms with Gasteiger partial charge in [0.1, 0.15) is 6.10 Å². The zero-order chi connectivity index (χ0) is 7.56.